The number of amides is 1. The third-order valence-corrected chi connectivity index (χ3v) is 3.34. The summed E-state index contributed by atoms with van der Waals surface area (Å²) in [7, 11) is -2.15. The van der Waals surface area contributed by atoms with Crippen LogP contribution in [0, 0.1) is 5.82 Å². The van der Waals surface area contributed by atoms with Crippen molar-refractivity contribution in [3.05, 3.63) is 30.1 Å². The average Bonchev–Trinajstić information content (AvgIpc) is 2.20. The summed E-state index contributed by atoms with van der Waals surface area (Å²) >= 11 is 0. The lowest BCUT2D eigenvalue weighted by Gasteiger charge is -2.13. The van der Waals surface area contributed by atoms with Gasteiger partial charge in [-0.15, -0.1) is 0 Å². The van der Waals surface area contributed by atoms with Crippen LogP contribution in [0.2, 0.25) is 0 Å². The van der Waals surface area contributed by atoms with Crippen LogP contribution < -0.4 is 5.32 Å². The van der Waals surface area contributed by atoms with E-state index in [0.29, 0.717) is 0 Å². The summed E-state index contributed by atoms with van der Waals surface area (Å²) in [5.74, 6) is -1.16. The molecule has 1 amide bonds. The molecule has 94 valence electrons. The molecule has 17 heavy (non-hydrogen) atoms. The van der Waals surface area contributed by atoms with Crippen molar-refractivity contribution < 1.29 is 17.6 Å². The fourth-order valence-electron chi connectivity index (χ4n) is 1.07. The Hall–Kier alpha value is -1.47. The number of halogens is 1. The molecule has 0 fully saturated rings. The summed E-state index contributed by atoms with van der Waals surface area (Å²) in [5, 5.41) is 2.29. The minimum atomic E-state index is -3.42. The zero-order chi connectivity index (χ0) is 13.1. The van der Waals surface area contributed by atoms with Crippen LogP contribution in [0.3, 0.4) is 0 Å². The van der Waals surface area contributed by atoms with E-state index in [1.807, 2.05) is 0 Å². The fourth-order valence-corrected chi connectivity index (χ4v) is 1.42. The highest BCUT2D eigenvalue weighted by Gasteiger charge is 2.15. The third-order valence-electron chi connectivity index (χ3n) is 2.08. The standard InChI is InChI=1S/C10H13FN2O3S/c1-13(17(2,15)16)7-10(14)12-9-6-4-3-5-8(9)11/h3-6H,7H2,1-2H3,(H,12,14). The molecule has 0 aromatic heterocycles. The minimum Gasteiger partial charge on any atom is -0.322 e. The van der Waals surface area contributed by atoms with Crippen LogP contribution in [0.1, 0.15) is 0 Å². The first kappa shape index (κ1) is 13.6. The number of hydrogen-bond donors (Lipinski definition) is 1. The number of hydrogen-bond acceptors (Lipinski definition) is 3. The van der Waals surface area contributed by atoms with Gasteiger partial charge in [0.15, 0.2) is 0 Å². The molecule has 1 rings (SSSR count). The number of benzene rings is 1. The van der Waals surface area contributed by atoms with Crippen molar-refractivity contribution in [3.63, 3.8) is 0 Å². The van der Waals surface area contributed by atoms with E-state index < -0.39 is 21.7 Å². The summed E-state index contributed by atoms with van der Waals surface area (Å²) in [6.07, 6.45) is 0.989. The van der Waals surface area contributed by atoms with Crippen LogP contribution in [-0.2, 0) is 14.8 Å². The van der Waals surface area contributed by atoms with Gasteiger partial charge in [-0.1, -0.05) is 12.1 Å². The van der Waals surface area contributed by atoms with E-state index in [0.717, 1.165) is 10.6 Å². The lowest BCUT2D eigenvalue weighted by atomic mass is 10.3. The normalized spacial score (nSPS) is 11.5. The van der Waals surface area contributed by atoms with Crippen LogP contribution in [0.5, 0.6) is 0 Å². The van der Waals surface area contributed by atoms with Crippen molar-refractivity contribution in [2.24, 2.45) is 0 Å². The molecule has 0 unspecified atom stereocenters. The van der Waals surface area contributed by atoms with Crippen LogP contribution in [0.25, 0.3) is 0 Å². The maximum Gasteiger partial charge on any atom is 0.239 e. The van der Waals surface area contributed by atoms with E-state index in [4.69, 9.17) is 0 Å². The molecule has 0 radical (unpaired) electrons. The molecular weight excluding hydrogens is 247 g/mol. The van der Waals surface area contributed by atoms with Gasteiger partial charge in [-0.25, -0.2) is 12.8 Å². The SMILES string of the molecule is CN(CC(=O)Nc1ccccc1F)S(C)(=O)=O. The molecular formula is C10H13FN2O3S. The summed E-state index contributed by atoms with van der Waals surface area (Å²) < 4.78 is 36.2. The van der Waals surface area contributed by atoms with Crippen LogP contribution in [0.15, 0.2) is 24.3 Å². The van der Waals surface area contributed by atoms with Gasteiger partial charge in [-0.2, -0.15) is 4.31 Å². The fraction of sp³-hybridized carbons (Fsp3) is 0.300. The number of likely N-dealkylation sites (N-methyl/N-ethyl adjacent to an activating group) is 1. The average molecular weight is 260 g/mol. The summed E-state index contributed by atoms with van der Waals surface area (Å²) in [5.41, 5.74) is 0.0272. The topological polar surface area (TPSA) is 66.5 Å². The Morgan fingerprint density at radius 1 is 1.41 bits per heavy atom. The van der Waals surface area contributed by atoms with Gasteiger partial charge in [0.2, 0.25) is 15.9 Å². The van der Waals surface area contributed by atoms with Gasteiger partial charge in [-0.3, -0.25) is 4.79 Å². The van der Waals surface area contributed by atoms with E-state index in [1.54, 1.807) is 6.07 Å². The summed E-state index contributed by atoms with van der Waals surface area (Å²) in [4.78, 5) is 11.4. The molecule has 1 N–H and O–H groups in total. The second kappa shape index (κ2) is 5.24. The highest BCUT2D eigenvalue weighted by Crippen LogP contribution is 2.12. The van der Waals surface area contributed by atoms with Crippen molar-refractivity contribution in [2.75, 3.05) is 25.2 Å². The van der Waals surface area contributed by atoms with Gasteiger partial charge in [0.25, 0.3) is 0 Å². The van der Waals surface area contributed by atoms with Crippen LogP contribution in [0.4, 0.5) is 10.1 Å². The van der Waals surface area contributed by atoms with Crippen molar-refractivity contribution in [1.82, 2.24) is 4.31 Å². The number of nitrogens with one attached hydrogen (secondary N) is 1. The molecule has 0 saturated carbocycles. The van der Waals surface area contributed by atoms with Gasteiger partial charge in [-0.05, 0) is 12.1 Å². The predicted molar refractivity (Wildman–Crippen MR) is 62.5 cm³/mol. The Morgan fingerprint density at radius 3 is 2.53 bits per heavy atom. The summed E-state index contributed by atoms with van der Waals surface area (Å²) in [6, 6.07) is 5.66. The smallest absolute Gasteiger partial charge is 0.239 e. The first-order valence-electron chi connectivity index (χ1n) is 4.76. The highest BCUT2D eigenvalue weighted by molar-refractivity contribution is 7.88. The molecule has 0 saturated heterocycles. The minimum absolute atomic E-state index is 0.0272. The second-order valence-electron chi connectivity index (χ2n) is 3.55. The molecule has 0 aliphatic carbocycles. The number of nitrogens with zero attached hydrogens (tertiary/aromatic N) is 1. The Morgan fingerprint density at radius 2 is 2.00 bits per heavy atom. The number of carbonyl (C=O) groups is 1. The largest absolute Gasteiger partial charge is 0.322 e. The molecule has 1 aromatic rings. The zero-order valence-electron chi connectivity index (χ0n) is 9.47. The number of sulfonamides is 1. The first-order valence-corrected chi connectivity index (χ1v) is 6.61. The quantitative estimate of drug-likeness (QED) is 0.864. The van der Waals surface area contributed by atoms with E-state index in [1.165, 1.54) is 25.2 Å². The lowest BCUT2D eigenvalue weighted by Crippen LogP contribution is -2.34. The Bertz CT molecular complexity index is 516. The van der Waals surface area contributed by atoms with Crippen molar-refractivity contribution in [1.29, 1.82) is 0 Å². The van der Waals surface area contributed by atoms with Crippen LogP contribution >= 0.6 is 0 Å². The van der Waals surface area contributed by atoms with E-state index >= 15 is 0 Å². The second-order valence-corrected chi connectivity index (χ2v) is 5.64. The third kappa shape index (κ3) is 4.12. The highest BCUT2D eigenvalue weighted by atomic mass is 32.2. The Kier molecular flexibility index (Phi) is 4.19. The van der Waals surface area contributed by atoms with Gasteiger partial charge < -0.3 is 5.32 Å². The molecule has 0 aliphatic heterocycles. The van der Waals surface area contributed by atoms with Crippen LogP contribution in [-0.4, -0.2) is 38.5 Å². The molecule has 0 atom stereocenters. The van der Waals surface area contributed by atoms with Crippen molar-refractivity contribution >= 4 is 21.6 Å². The first-order chi connectivity index (χ1) is 7.80. The molecule has 0 spiro atoms. The maximum atomic E-state index is 13.2. The molecule has 1 aromatic carbocycles. The molecule has 0 heterocycles. The molecule has 0 aliphatic rings. The van der Waals surface area contributed by atoms with E-state index in [9.17, 15) is 17.6 Å². The zero-order valence-corrected chi connectivity index (χ0v) is 10.3. The number of carbonyl (C=O) groups excluding carboxylic acids is 1. The van der Waals surface area contributed by atoms with E-state index in [2.05, 4.69) is 5.32 Å². The monoisotopic (exact) mass is 260 g/mol. The number of anilines is 1. The maximum absolute atomic E-state index is 13.2. The van der Waals surface area contributed by atoms with Gasteiger partial charge in [0.05, 0.1) is 18.5 Å². The van der Waals surface area contributed by atoms with Crippen molar-refractivity contribution in [3.8, 4) is 0 Å². The summed E-state index contributed by atoms with van der Waals surface area (Å²) in [6.45, 7) is -0.354. The molecule has 5 nitrogen and oxygen atoms in total. The number of para-hydroxylation sites is 1. The lowest BCUT2D eigenvalue weighted by molar-refractivity contribution is -0.116. The molecule has 7 heteroatoms. The Balaban J connectivity index is 2.66. The van der Waals surface area contributed by atoms with Gasteiger partial charge >= 0.3 is 0 Å². The number of rotatable bonds is 4. The van der Waals surface area contributed by atoms with E-state index in [-0.39, 0.29) is 12.2 Å². The van der Waals surface area contributed by atoms with Gasteiger partial charge in [0.1, 0.15) is 5.82 Å². The van der Waals surface area contributed by atoms with Crippen molar-refractivity contribution in [2.45, 2.75) is 0 Å². The Labute approximate surface area is 99.3 Å². The predicted octanol–water partition coefficient (Wildman–Crippen LogP) is 0.656. The van der Waals surface area contributed by atoms with Gasteiger partial charge in [0, 0.05) is 7.05 Å². The molecule has 0 bridgehead atoms.